The minimum Gasteiger partial charge on any atom is -0.266 e. The number of amides is 1. The number of benzene rings is 1. The SMILES string of the molecule is N=S1C(=O)N=CC1=Cc1ccccc1. The van der Waals surface area contributed by atoms with Crippen LogP contribution in [-0.2, 0) is 10.7 Å². The zero-order valence-electron chi connectivity index (χ0n) is 7.31. The van der Waals surface area contributed by atoms with Gasteiger partial charge in [0.1, 0.15) is 0 Å². The number of hydrogen-bond acceptors (Lipinski definition) is 2. The quantitative estimate of drug-likeness (QED) is 0.751. The van der Waals surface area contributed by atoms with Crippen molar-refractivity contribution in [2.24, 2.45) is 4.99 Å². The van der Waals surface area contributed by atoms with Gasteiger partial charge in [0.2, 0.25) is 0 Å². The fraction of sp³-hybridized carbons (Fsp3) is 0. The molecule has 70 valence electrons. The zero-order valence-corrected chi connectivity index (χ0v) is 8.12. The van der Waals surface area contributed by atoms with E-state index in [2.05, 4.69) is 4.99 Å². The predicted octanol–water partition coefficient (Wildman–Crippen LogP) is 2.61. The summed E-state index contributed by atoms with van der Waals surface area (Å²) in [5.41, 5.74) is 0.994. The van der Waals surface area contributed by atoms with Crippen molar-refractivity contribution in [1.29, 1.82) is 4.78 Å². The summed E-state index contributed by atoms with van der Waals surface area (Å²) in [7, 11) is -1.11. The Morgan fingerprint density at radius 3 is 2.57 bits per heavy atom. The third kappa shape index (κ3) is 1.70. The van der Waals surface area contributed by atoms with E-state index in [0.29, 0.717) is 4.91 Å². The van der Waals surface area contributed by atoms with Gasteiger partial charge in [0, 0.05) is 21.8 Å². The van der Waals surface area contributed by atoms with Gasteiger partial charge in [-0.2, -0.15) is 0 Å². The van der Waals surface area contributed by atoms with E-state index in [1.807, 2.05) is 36.4 Å². The van der Waals surface area contributed by atoms with Gasteiger partial charge in [0.15, 0.2) is 0 Å². The van der Waals surface area contributed by atoms with Crippen LogP contribution in [0.1, 0.15) is 5.56 Å². The van der Waals surface area contributed by atoms with E-state index in [1.165, 1.54) is 6.21 Å². The van der Waals surface area contributed by atoms with Crippen molar-refractivity contribution >= 4 is 28.2 Å². The third-order valence-electron chi connectivity index (χ3n) is 1.82. The Morgan fingerprint density at radius 2 is 2.00 bits per heavy atom. The Morgan fingerprint density at radius 1 is 1.29 bits per heavy atom. The average Bonchev–Trinajstić information content (AvgIpc) is 2.52. The molecule has 1 heterocycles. The van der Waals surface area contributed by atoms with E-state index in [0.717, 1.165) is 5.56 Å². The van der Waals surface area contributed by atoms with E-state index in [1.54, 1.807) is 0 Å². The van der Waals surface area contributed by atoms with Crippen LogP contribution < -0.4 is 0 Å². The summed E-state index contributed by atoms with van der Waals surface area (Å²) in [5.74, 6) is 0. The lowest BCUT2D eigenvalue weighted by atomic mass is 10.2. The predicted molar refractivity (Wildman–Crippen MR) is 58.4 cm³/mol. The minimum absolute atomic E-state index is 0.354. The molecule has 3 nitrogen and oxygen atoms in total. The van der Waals surface area contributed by atoms with Crippen molar-refractivity contribution in [1.82, 2.24) is 0 Å². The summed E-state index contributed by atoms with van der Waals surface area (Å²) < 4.78 is 7.53. The first-order valence-corrected chi connectivity index (χ1v) is 5.30. The van der Waals surface area contributed by atoms with Crippen molar-refractivity contribution in [2.75, 3.05) is 0 Å². The van der Waals surface area contributed by atoms with Crippen molar-refractivity contribution in [3.8, 4) is 0 Å². The fourth-order valence-corrected chi connectivity index (χ4v) is 1.90. The van der Waals surface area contributed by atoms with Gasteiger partial charge >= 0.3 is 5.24 Å². The molecule has 1 atom stereocenters. The molecule has 0 bridgehead atoms. The molecule has 1 aliphatic rings. The molecule has 2 rings (SSSR count). The summed E-state index contributed by atoms with van der Waals surface area (Å²) in [5, 5.41) is -0.354. The van der Waals surface area contributed by atoms with Gasteiger partial charge in [-0.15, -0.1) is 0 Å². The molecule has 0 spiro atoms. The number of allylic oxidation sites excluding steroid dienone is 1. The van der Waals surface area contributed by atoms with Gasteiger partial charge in [-0.25, -0.2) is 4.99 Å². The number of rotatable bonds is 1. The van der Waals surface area contributed by atoms with Crippen LogP contribution in [0.2, 0.25) is 0 Å². The lowest BCUT2D eigenvalue weighted by Gasteiger charge is -1.94. The molecular weight excluding hydrogens is 196 g/mol. The molecule has 1 N–H and O–H groups in total. The smallest absolute Gasteiger partial charge is 0.266 e. The lowest BCUT2D eigenvalue weighted by Crippen LogP contribution is -1.93. The molecule has 0 fully saturated rings. The maximum Gasteiger partial charge on any atom is 0.319 e. The third-order valence-corrected chi connectivity index (χ3v) is 2.97. The van der Waals surface area contributed by atoms with E-state index in [-0.39, 0.29) is 5.24 Å². The zero-order chi connectivity index (χ0) is 9.97. The van der Waals surface area contributed by atoms with Crippen molar-refractivity contribution in [3.63, 3.8) is 0 Å². The van der Waals surface area contributed by atoms with Crippen LogP contribution in [0.3, 0.4) is 0 Å². The Labute approximate surface area is 84.1 Å². The first-order chi connectivity index (χ1) is 6.77. The van der Waals surface area contributed by atoms with Gasteiger partial charge < -0.3 is 0 Å². The summed E-state index contributed by atoms with van der Waals surface area (Å²) in [4.78, 5) is 15.2. The van der Waals surface area contributed by atoms with E-state index >= 15 is 0 Å². The summed E-state index contributed by atoms with van der Waals surface area (Å²) in [6.45, 7) is 0. The standard InChI is InChI=1S/C10H8N2OS/c11-14-9(7-12-10(14)13)6-8-4-2-1-3-5-8/h1-7,11H. The molecule has 1 amide bonds. The van der Waals surface area contributed by atoms with E-state index < -0.39 is 10.7 Å². The highest BCUT2D eigenvalue weighted by Gasteiger charge is 2.16. The van der Waals surface area contributed by atoms with Crippen molar-refractivity contribution < 1.29 is 4.79 Å². The summed E-state index contributed by atoms with van der Waals surface area (Å²) in [6.07, 6.45) is 3.30. The van der Waals surface area contributed by atoms with Gasteiger partial charge in [-0.3, -0.25) is 9.57 Å². The molecule has 1 aromatic carbocycles. The average molecular weight is 204 g/mol. The normalized spacial score (nSPS) is 23.3. The van der Waals surface area contributed by atoms with Crippen LogP contribution in [0.25, 0.3) is 6.08 Å². The number of aliphatic imine (C=N–C) groups is 1. The monoisotopic (exact) mass is 204 g/mol. The lowest BCUT2D eigenvalue weighted by molar-refractivity contribution is 0.267. The topological polar surface area (TPSA) is 53.3 Å². The van der Waals surface area contributed by atoms with Crippen LogP contribution in [0.5, 0.6) is 0 Å². The highest BCUT2D eigenvalue weighted by atomic mass is 32.2. The molecule has 0 saturated heterocycles. The summed E-state index contributed by atoms with van der Waals surface area (Å²) in [6, 6.07) is 9.63. The fourth-order valence-electron chi connectivity index (χ4n) is 1.13. The number of carbonyl (C=O) groups is 1. The summed E-state index contributed by atoms with van der Waals surface area (Å²) >= 11 is 0. The Balaban J connectivity index is 2.34. The first kappa shape index (κ1) is 9.02. The van der Waals surface area contributed by atoms with Crippen LogP contribution in [0.4, 0.5) is 4.79 Å². The van der Waals surface area contributed by atoms with Gasteiger partial charge in [0.05, 0.1) is 0 Å². The molecule has 0 aliphatic carbocycles. The molecule has 0 aromatic heterocycles. The molecule has 1 unspecified atom stereocenters. The molecule has 0 radical (unpaired) electrons. The second-order valence-electron chi connectivity index (χ2n) is 2.79. The van der Waals surface area contributed by atoms with E-state index in [4.69, 9.17) is 4.78 Å². The number of nitrogens with one attached hydrogen (secondary N) is 1. The highest BCUT2D eigenvalue weighted by molar-refractivity contribution is 8.06. The molecule has 4 heteroatoms. The maximum absolute atomic E-state index is 11.0. The van der Waals surface area contributed by atoms with Gasteiger partial charge in [-0.05, 0) is 11.6 Å². The Bertz CT molecular complexity index is 448. The van der Waals surface area contributed by atoms with Gasteiger partial charge in [0.25, 0.3) is 0 Å². The Kier molecular flexibility index (Phi) is 2.37. The highest BCUT2D eigenvalue weighted by Crippen LogP contribution is 2.15. The number of carbonyl (C=O) groups excluding carboxylic acids is 1. The van der Waals surface area contributed by atoms with Gasteiger partial charge in [-0.1, -0.05) is 30.3 Å². The number of hydrogen-bond donors (Lipinski definition) is 1. The Hall–Kier alpha value is -1.55. The van der Waals surface area contributed by atoms with Crippen LogP contribution in [-0.4, -0.2) is 11.5 Å². The second kappa shape index (κ2) is 3.67. The minimum atomic E-state index is -1.11. The van der Waals surface area contributed by atoms with Crippen LogP contribution in [0.15, 0.2) is 40.2 Å². The molecular formula is C10H8N2OS. The second-order valence-corrected chi connectivity index (χ2v) is 4.22. The molecule has 14 heavy (non-hydrogen) atoms. The molecule has 1 aliphatic heterocycles. The largest absolute Gasteiger partial charge is 0.319 e. The first-order valence-electron chi connectivity index (χ1n) is 4.08. The van der Waals surface area contributed by atoms with Crippen molar-refractivity contribution in [3.05, 3.63) is 40.8 Å². The molecule has 0 saturated carbocycles. The number of nitrogens with zero attached hydrogens (tertiary/aromatic N) is 1. The van der Waals surface area contributed by atoms with Crippen LogP contribution >= 0.6 is 0 Å². The van der Waals surface area contributed by atoms with Crippen LogP contribution in [0, 0.1) is 4.78 Å². The maximum atomic E-state index is 11.0. The van der Waals surface area contributed by atoms with E-state index in [9.17, 15) is 4.79 Å². The molecule has 1 aromatic rings. The van der Waals surface area contributed by atoms with Crippen molar-refractivity contribution in [2.45, 2.75) is 0 Å².